The van der Waals surface area contributed by atoms with Gasteiger partial charge in [0.2, 0.25) is 0 Å². The molecule has 196 valence electrons. The summed E-state index contributed by atoms with van der Waals surface area (Å²) in [5, 5.41) is 0.625. The SMILES string of the molecule is O=C(Nc1ccc(Cl)cc1)C(F)(F)C(F)(F)C(F)(F)C(F)(F)C(F)(F)C(F)(F)C(F)(F)C(F)F. The van der Waals surface area contributed by atoms with E-state index in [9.17, 15) is 75.0 Å². The van der Waals surface area contributed by atoms with Crippen molar-refractivity contribution < 1.29 is 75.0 Å². The normalized spacial score (nSPS) is 15.0. The van der Waals surface area contributed by atoms with E-state index in [4.69, 9.17) is 11.6 Å². The molecule has 1 amide bonds. The third-order valence-electron chi connectivity index (χ3n) is 4.05. The maximum absolute atomic E-state index is 13.7. The Morgan fingerprint density at radius 3 is 1.38 bits per heavy atom. The van der Waals surface area contributed by atoms with E-state index in [0.29, 0.717) is 12.1 Å². The number of hydrogen-bond donors (Lipinski definition) is 1. The molecule has 0 fully saturated rings. The number of benzene rings is 1. The molecule has 1 aromatic carbocycles. The molecule has 1 N–H and O–H groups in total. The van der Waals surface area contributed by atoms with Crippen molar-refractivity contribution >= 4 is 23.2 Å². The van der Waals surface area contributed by atoms with Crippen LogP contribution in [0.5, 0.6) is 0 Å². The Labute approximate surface area is 181 Å². The van der Waals surface area contributed by atoms with E-state index in [0.717, 1.165) is 17.4 Å². The third-order valence-corrected chi connectivity index (χ3v) is 4.30. The molecule has 1 rings (SSSR count). The lowest BCUT2D eigenvalue weighted by molar-refractivity contribution is -0.443. The first-order chi connectivity index (χ1) is 14.8. The predicted molar refractivity (Wildman–Crippen MR) is 80.7 cm³/mol. The fraction of sp³-hybridized carbons (Fsp3) is 0.533. The number of halogens is 17. The largest absolute Gasteiger partial charge is 0.393 e. The van der Waals surface area contributed by atoms with Crippen molar-refractivity contribution in [2.45, 2.75) is 47.9 Å². The summed E-state index contributed by atoms with van der Waals surface area (Å²) in [5.41, 5.74) is -0.923. The zero-order valence-electron chi connectivity index (χ0n) is 15.2. The summed E-state index contributed by atoms with van der Waals surface area (Å²) in [6.07, 6.45) is -5.93. The van der Waals surface area contributed by atoms with Gasteiger partial charge in [0.25, 0.3) is 0 Å². The van der Waals surface area contributed by atoms with Crippen molar-refractivity contribution in [2.75, 3.05) is 5.32 Å². The van der Waals surface area contributed by atoms with E-state index in [1.807, 2.05) is 0 Å². The Bertz CT molecular complexity index is 898. The minimum atomic E-state index is -8.56. The van der Waals surface area contributed by atoms with Crippen LogP contribution in [0.1, 0.15) is 0 Å². The molecule has 2 nitrogen and oxygen atoms in total. The number of alkyl halides is 16. The van der Waals surface area contributed by atoms with Gasteiger partial charge >= 0.3 is 53.8 Å². The topological polar surface area (TPSA) is 29.1 Å². The number of amides is 1. The molecule has 19 heteroatoms. The van der Waals surface area contributed by atoms with E-state index in [-0.39, 0.29) is 5.02 Å². The van der Waals surface area contributed by atoms with Crippen LogP contribution in [-0.2, 0) is 4.79 Å². The van der Waals surface area contributed by atoms with E-state index >= 15 is 0 Å². The van der Waals surface area contributed by atoms with Crippen LogP contribution in [0.4, 0.5) is 75.9 Å². The summed E-state index contributed by atoms with van der Waals surface area (Å²) in [6.45, 7) is 0. The Balaban J connectivity index is 3.52. The van der Waals surface area contributed by atoms with Crippen LogP contribution in [0, 0.1) is 0 Å². The Hall–Kier alpha value is -2.14. The van der Waals surface area contributed by atoms with E-state index in [1.165, 1.54) is 0 Å². The van der Waals surface area contributed by atoms with E-state index < -0.39 is 59.5 Å². The molecule has 0 aliphatic rings. The molecule has 0 saturated heterocycles. The van der Waals surface area contributed by atoms with Crippen LogP contribution in [0.2, 0.25) is 5.02 Å². The fourth-order valence-electron chi connectivity index (χ4n) is 2.02. The van der Waals surface area contributed by atoms with Gasteiger partial charge in [-0.05, 0) is 24.3 Å². The second-order valence-corrected chi connectivity index (χ2v) is 6.77. The monoisotopic (exact) mass is 555 g/mol. The number of nitrogens with one attached hydrogen (secondary N) is 1. The molecule has 0 aromatic heterocycles. The summed E-state index contributed by atoms with van der Waals surface area (Å²) >= 11 is 5.36. The van der Waals surface area contributed by atoms with Gasteiger partial charge in [-0.2, -0.15) is 61.5 Å². The molecule has 0 radical (unpaired) electrons. The minimum Gasteiger partial charge on any atom is -0.321 e. The van der Waals surface area contributed by atoms with Crippen molar-refractivity contribution in [2.24, 2.45) is 0 Å². The molecule has 0 aliphatic heterocycles. The lowest BCUT2D eigenvalue weighted by Crippen LogP contribution is -2.74. The van der Waals surface area contributed by atoms with Gasteiger partial charge in [-0.1, -0.05) is 11.6 Å². The van der Waals surface area contributed by atoms with Gasteiger partial charge in [0.05, 0.1) is 0 Å². The quantitative estimate of drug-likeness (QED) is 0.327. The number of anilines is 1. The highest BCUT2D eigenvalue weighted by Crippen LogP contribution is 2.62. The molecule has 0 unspecified atom stereocenters. The van der Waals surface area contributed by atoms with Crippen molar-refractivity contribution in [3.8, 4) is 0 Å². The zero-order valence-corrected chi connectivity index (χ0v) is 16.0. The molecular formula is C15H6ClF16NO. The molecule has 0 aliphatic carbocycles. The van der Waals surface area contributed by atoms with Crippen LogP contribution in [-0.4, -0.2) is 53.8 Å². The average molecular weight is 556 g/mol. The first-order valence-corrected chi connectivity index (χ1v) is 8.21. The average Bonchev–Trinajstić information content (AvgIpc) is 2.68. The summed E-state index contributed by atoms with van der Waals surface area (Å²) in [5.74, 6) is -59.8. The van der Waals surface area contributed by atoms with E-state index in [2.05, 4.69) is 0 Å². The van der Waals surface area contributed by atoms with Gasteiger partial charge in [0, 0.05) is 10.7 Å². The van der Waals surface area contributed by atoms with E-state index in [1.54, 1.807) is 0 Å². The predicted octanol–water partition coefficient (Wildman–Crippen LogP) is 6.99. The maximum atomic E-state index is 13.7. The highest BCUT2D eigenvalue weighted by Gasteiger charge is 2.94. The Morgan fingerprint density at radius 1 is 0.647 bits per heavy atom. The van der Waals surface area contributed by atoms with Crippen LogP contribution in [0.3, 0.4) is 0 Å². The van der Waals surface area contributed by atoms with Gasteiger partial charge in [-0.3, -0.25) is 4.79 Å². The maximum Gasteiger partial charge on any atom is 0.393 e. The third kappa shape index (κ3) is 4.10. The number of hydrogen-bond acceptors (Lipinski definition) is 1. The van der Waals surface area contributed by atoms with Crippen molar-refractivity contribution in [3.63, 3.8) is 0 Å². The Morgan fingerprint density at radius 2 is 1.00 bits per heavy atom. The lowest BCUT2D eigenvalue weighted by atomic mass is 9.89. The minimum absolute atomic E-state index is 0.162. The molecule has 0 heterocycles. The molecule has 0 saturated carbocycles. The van der Waals surface area contributed by atoms with Gasteiger partial charge in [-0.25, -0.2) is 8.78 Å². The lowest BCUT2D eigenvalue weighted by Gasteiger charge is -2.42. The van der Waals surface area contributed by atoms with Crippen LogP contribution in [0.15, 0.2) is 24.3 Å². The van der Waals surface area contributed by atoms with Crippen molar-refractivity contribution in [3.05, 3.63) is 29.3 Å². The number of carbonyl (C=O) groups is 1. The van der Waals surface area contributed by atoms with Gasteiger partial charge < -0.3 is 5.32 Å². The number of carbonyl (C=O) groups excluding carboxylic acids is 1. The summed E-state index contributed by atoms with van der Waals surface area (Å²) < 4.78 is 211. The molecule has 34 heavy (non-hydrogen) atoms. The first-order valence-electron chi connectivity index (χ1n) is 7.84. The second kappa shape index (κ2) is 8.51. The number of rotatable bonds is 9. The summed E-state index contributed by atoms with van der Waals surface area (Å²) in [6, 6.07) is 2.73. The fourth-order valence-corrected chi connectivity index (χ4v) is 2.15. The van der Waals surface area contributed by atoms with Crippen LogP contribution >= 0.6 is 11.6 Å². The summed E-state index contributed by atoms with van der Waals surface area (Å²) in [4.78, 5) is 11.3. The molecule has 0 bridgehead atoms. The second-order valence-electron chi connectivity index (χ2n) is 6.33. The van der Waals surface area contributed by atoms with Crippen LogP contribution in [0.25, 0.3) is 0 Å². The highest BCUT2D eigenvalue weighted by molar-refractivity contribution is 6.30. The molecular weight excluding hydrogens is 550 g/mol. The first kappa shape index (κ1) is 29.9. The van der Waals surface area contributed by atoms with Gasteiger partial charge in [0.15, 0.2) is 0 Å². The van der Waals surface area contributed by atoms with Crippen LogP contribution < -0.4 is 5.32 Å². The van der Waals surface area contributed by atoms with Gasteiger partial charge in [-0.15, -0.1) is 0 Å². The van der Waals surface area contributed by atoms with Crippen molar-refractivity contribution in [1.29, 1.82) is 0 Å². The molecule has 0 atom stereocenters. The van der Waals surface area contributed by atoms with Crippen molar-refractivity contribution in [1.82, 2.24) is 0 Å². The zero-order chi connectivity index (χ0) is 27.3. The molecule has 0 spiro atoms. The smallest absolute Gasteiger partial charge is 0.321 e. The Kier molecular flexibility index (Phi) is 7.48. The molecule has 1 aromatic rings. The highest BCUT2D eigenvalue weighted by atomic mass is 35.5. The standard InChI is InChI=1S/C15H6ClF16NO/c16-5-1-3-6(4-2-5)33-8(34)10(21,22)12(25,26)14(29,30)15(31,32)13(27,28)11(23,24)9(19,20)7(17)18/h1-4,7H,(H,33,34). The summed E-state index contributed by atoms with van der Waals surface area (Å²) in [7, 11) is 0. The van der Waals surface area contributed by atoms with Gasteiger partial charge in [0.1, 0.15) is 0 Å².